The van der Waals surface area contributed by atoms with Gasteiger partial charge in [-0.25, -0.2) is 14.4 Å². The summed E-state index contributed by atoms with van der Waals surface area (Å²) in [6.07, 6.45) is 1.99. The molecule has 4 rings (SSSR count). The first-order valence-electron chi connectivity index (χ1n) is 7.83. The number of rotatable bonds is 2. The van der Waals surface area contributed by atoms with Crippen LogP contribution in [0.4, 0.5) is 10.2 Å². The molecule has 1 aromatic heterocycles. The molecule has 2 aliphatic rings. The normalized spacial score (nSPS) is 23.3. The highest BCUT2D eigenvalue weighted by atomic mass is 35.5. The van der Waals surface area contributed by atoms with Gasteiger partial charge in [0, 0.05) is 18.2 Å². The van der Waals surface area contributed by atoms with E-state index in [4.69, 9.17) is 16.3 Å². The van der Waals surface area contributed by atoms with E-state index in [1.807, 2.05) is 0 Å². The van der Waals surface area contributed by atoms with Crippen molar-refractivity contribution in [3.63, 3.8) is 0 Å². The van der Waals surface area contributed by atoms with E-state index in [1.165, 1.54) is 12.1 Å². The molecule has 23 heavy (non-hydrogen) atoms. The Balaban J connectivity index is 1.77. The summed E-state index contributed by atoms with van der Waals surface area (Å²) in [5, 5.41) is 0.232. The summed E-state index contributed by atoms with van der Waals surface area (Å²) >= 11 is 6.17. The molecule has 3 heterocycles. The Hall–Kier alpha value is -1.72. The lowest BCUT2D eigenvalue weighted by atomic mass is 10.0. The minimum absolute atomic E-state index is 0.232. The Morgan fingerprint density at radius 1 is 1.26 bits per heavy atom. The highest BCUT2D eigenvalue weighted by Gasteiger charge is 2.34. The van der Waals surface area contributed by atoms with E-state index >= 15 is 0 Å². The van der Waals surface area contributed by atoms with E-state index in [0.29, 0.717) is 12.6 Å². The van der Waals surface area contributed by atoms with Gasteiger partial charge in [0.25, 0.3) is 0 Å². The van der Waals surface area contributed by atoms with Gasteiger partial charge in [0.1, 0.15) is 17.7 Å². The van der Waals surface area contributed by atoms with Gasteiger partial charge in [-0.2, -0.15) is 0 Å². The van der Waals surface area contributed by atoms with Gasteiger partial charge in [-0.05, 0) is 49.1 Å². The Kier molecular flexibility index (Phi) is 3.70. The maximum absolute atomic E-state index is 13.2. The standard InChI is InChI=1S/C17H17ClFN3O/c1-10-3-2-8-22(10)16-13-9-23-15(14(13)20-17(18)21-16)11-4-6-12(19)7-5-11/h4-7,10,15H,2-3,8-9H2,1H3/t10?,15-/m0/s1. The van der Waals surface area contributed by atoms with Gasteiger partial charge in [-0.1, -0.05) is 12.1 Å². The van der Waals surface area contributed by atoms with E-state index in [0.717, 1.165) is 42.0 Å². The Morgan fingerprint density at radius 2 is 2.04 bits per heavy atom. The quantitative estimate of drug-likeness (QED) is 0.782. The molecule has 1 fully saturated rings. The highest BCUT2D eigenvalue weighted by Crippen LogP contribution is 2.40. The molecule has 2 aliphatic heterocycles. The second kappa shape index (κ2) is 5.73. The summed E-state index contributed by atoms with van der Waals surface area (Å²) in [5.74, 6) is 0.619. The summed E-state index contributed by atoms with van der Waals surface area (Å²) in [4.78, 5) is 11.1. The van der Waals surface area contributed by atoms with E-state index in [9.17, 15) is 4.39 Å². The molecular weight excluding hydrogens is 317 g/mol. The average molecular weight is 334 g/mol. The molecule has 0 amide bonds. The van der Waals surface area contributed by atoms with Gasteiger partial charge in [0.2, 0.25) is 5.28 Å². The van der Waals surface area contributed by atoms with E-state index in [-0.39, 0.29) is 17.2 Å². The molecule has 0 bridgehead atoms. The van der Waals surface area contributed by atoms with E-state index in [1.54, 1.807) is 12.1 Å². The Morgan fingerprint density at radius 3 is 2.74 bits per heavy atom. The number of hydrogen-bond acceptors (Lipinski definition) is 4. The summed E-state index contributed by atoms with van der Waals surface area (Å²) in [7, 11) is 0. The minimum atomic E-state index is -0.317. The molecule has 1 unspecified atom stereocenters. The van der Waals surface area contributed by atoms with Crippen molar-refractivity contribution in [3.8, 4) is 0 Å². The number of benzene rings is 1. The van der Waals surface area contributed by atoms with Crippen LogP contribution in [0.25, 0.3) is 0 Å². The van der Waals surface area contributed by atoms with Crippen LogP contribution in [0.3, 0.4) is 0 Å². The lowest BCUT2D eigenvalue weighted by molar-refractivity contribution is 0.0923. The van der Waals surface area contributed by atoms with E-state index in [2.05, 4.69) is 21.8 Å². The molecule has 2 atom stereocenters. The van der Waals surface area contributed by atoms with Crippen LogP contribution in [0.15, 0.2) is 24.3 Å². The van der Waals surface area contributed by atoms with Gasteiger partial charge in [-0.15, -0.1) is 0 Å². The summed E-state index contributed by atoms with van der Waals surface area (Å²) in [6, 6.07) is 6.76. The predicted molar refractivity (Wildman–Crippen MR) is 86.1 cm³/mol. The van der Waals surface area contributed by atoms with Crippen molar-refractivity contribution in [2.75, 3.05) is 11.4 Å². The second-order valence-corrected chi connectivity index (χ2v) is 6.45. The number of fused-ring (bicyclic) bond motifs is 1. The third kappa shape index (κ3) is 2.58. The van der Waals surface area contributed by atoms with Gasteiger partial charge in [-0.3, -0.25) is 0 Å². The Labute approximate surface area is 139 Å². The fourth-order valence-corrected chi connectivity index (χ4v) is 3.61. The first-order valence-corrected chi connectivity index (χ1v) is 8.21. The number of anilines is 1. The number of nitrogens with zero attached hydrogens (tertiary/aromatic N) is 3. The SMILES string of the molecule is CC1CCCN1c1nc(Cl)nc2c1CO[C@H]2c1ccc(F)cc1. The summed E-state index contributed by atoms with van der Waals surface area (Å²) in [5.41, 5.74) is 2.67. The maximum atomic E-state index is 13.2. The van der Waals surface area contributed by atoms with Gasteiger partial charge in [0.15, 0.2) is 0 Å². The minimum Gasteiger partial charge on any atom is -0.362 e. The van der Waals surface area contributed by atoms with Crippen LogP contribution in [0.5, 0.6) is 0 Å². The number of hydrogen-bond donors (Lipinski definition) is 0. The molecule has 0 aliphatic carbocycles. The molecule has 0 N–H and O–H groups in total. The van der Waals surface area contributed by atoms with Crippen molar-refractivity contribution in [1.82, 2.24) is 9.97 Å². The van der Waals surface area contributed by atoms with Crippen LogP contribution >= 0.6 is 11.6 Å². The molecule has 0 saturated carbocycles. The van der Waals surface area contributed by atoms with Crippen molar-refractivity contribution in [1.29, 1.82) is 0 Å². The zero-order chi connectivity index (χ0) is 16.0. The third-order valence-corrected chi connectivity index (χ3v) is 4.80. The zero-order valence-corrected chi connectivity index (χ0v) is 13.6. The van der Waals surface area contributed by atoms with Crippen LogP contribution in [0.2, 0.25) is 5.28 Å². The highest BCUT2D eigenvalue weighted by molar-refractivity contribution is 6.28. The zero-order valence-electron chi connectivity index (χ0n) is 12.8. The number of halogens is 2. The third-order valence-electron chi connectivity index (χ3n) is 4.63. The van der Waals surface area contributed by atoms with Crippen LogP contribution in [0.1, 0.15) is 42.7 Å². The van der Waals surface area contributed by atoms with E-state index < -0.39 is 0 Å². The largest absolute Gasteiger partial charge is 0.362 e. The predicted octanol–water partition coefficient (Wildman–Crippen LogP) is 3.88. The van der Waals surface area contributed by atoms with Gasteiger partial charge >= 0.3 is 0 Å². The molecule has 120 valence electrons. The molecule has 2 aromatic rings. The average Bonchev–Trinajstić information content (AvgIpc) is 3.14. The number of ether oxygens (including phenoxy) is 1. The van der Waals surface area contributed by atoms with Crippen LogP contribution in [-0.4, -0.2) is 22.6 Å². The molecule has 1 saturated heterocycles. The maximum Gasteiger partial charge on any atom is 0.224 e. The van der Waals surface area contributed by atoms with Gasteiger partial charge in [0.05, 0.1) is 12.3 Å². The topological polar surface area (TPSA) is 38.2 Å². The summed E-state index contributed by atoms with van der Waals surface area (Å²) < 4.78 is 19.1. The molecule has 0 spiro atoms. The lowest BCUT2D eigenvalue weighted by Crippen LogP contribution is -2.28. The van der Waals surface area contributed by atoms with Crippen LogP contribution in [-0.2, 0) is 11.3 Å². The molecular formula is C17H17ClFN3O. The Bertz CT molecular complexity index is 737. The van der Waals surface area contributed by atoms with Gasteiger partial charge < -0.3 is 9.64 Å². The van der Waals surface area contributed by atoms with Crippen molar-refractivity contribution in [2.24, 2.45) is 0 Å². The van der Waals surface area contributed by atoms with Crippen LogP contribution in [0, 0.1) is 5.82 Å². The smallest absolute Gasteiger partial charge is 0.224 e. The summed E-state index contributed by atoms with van der Waals surface area (Å²) in [6.45, 7) is 3.62. The molecule has 0 radical (unpaired) electrons. The second-order valence-electron chi connectivity index (χ2n) is 6.11. The molecule has 6 heteroatoms. The first-order chi connectivity index (χ1) is 11.1. The van der Waals surface area contributed by atoms with Crippen molar-refractivity contribution in [3.05, 3.63) is 52.2 Å². The van der Waals surface area contributed by atoms with Crippen molar-refractivity contribution >= 4 is 17.4 Å². The fourth-order valence-electron chi connectivity index (χ4n) is 3.44. The van der Waals surface area contributed by atoms with Crippen molar-refractivity contribution in [2.45, 2.75) is 38.5 Å². The van der Waals surface area contributed by atoms with Crippen molar-refractivity contribution < 1.29 is 9.13 Å². The fraction of sp³-hybridized carbons (Fsp3) is 0.412. The monoisotopic (exact) mass is 333 g/mol. The lowest BCUT2D eigenvalue weighted by Gasteiger charge is -2.24. The molecule has 4 nitrogen and oxygen atoms in total. The van der Waals surface area contributed by atoms with Crippen LogP contribution < -0.4 is 4.90 Å². The number of aromatic nitrogens is 2. The first kappa shape index (κ1) is 14.8. The molecule has 1 aromatic carbocycles.